The van der Waals surface area contributed by atoms with E-state index in [-0.39, 0.29) is 23.8 Å². The normalized spacial score (nSPS) is 20.6. The first-order valence-corrected chi connectivity index (χ1v) is 10.8. The molecule has 0 radical (unpaired) electrons. The van der Waals surface area contributed by atoms with Gasteiger partial charge in [-0.3, -0.25) is 19.3 Å². The number of imide groups is 1. The lowest BCUT2D eigenvalue weighted by Gasteiger charge is -2.23. The molecule has 2 aliphatic heterocycles. The summed E-state index contributed by atoms with van der Waals surface area (Å²) in [6.45, 7) is 2.55. The van der Waals surface area contributed by atoms with Gasteiger partial charge in [0.15, 0.2) is 17.3 Å². The first-order valence-electron chi connectivity index (χ1n) is 10.8. The zero-order chi connectivity index (χ0) is 23.3. The van der Waals surface area contributed by atoms with Gasteiger partial charge in [0.2, 0.25) is 12.7 Å². The molecule has 0 unspecified atom stereocenters. The van der Waals surface area contributed by atoms with E-state index in [1.54, 1.807) is 6.92 Å². The van der Waals surface area contributed by atoms with Crippen LogP contribution in [0.3, 0.4) is 0 Å². The van der Waals surface area contributed by atoms with Gasteiger partial charge in [-0.1, -0.05) is 18.2 Å². The molecule has 1 fully saturated rings. The second-order valence-corrected chi connectivity index (χ2v) is 8.64. The molecule has 9 nitrogen and oxygen atoms in total. The lowest BCUT2D eigenvalue weighted by Crippen LogP contribution is -2.42. The molecule has 2 aromatic carbocycles. The van der Waals surface area contributed by atoms with Gasteiger partial charge in [-0.2, -0.15) is 0 Å². The molecule has 2 N–H and O–H groups in total. The molecule has 0 aromatic heterocycles. The Morgan fingerprint density at radius 2 is 1.82 bits per heavy atom. The Morgan fingerprint density at radius 3 is 2.58 bits per heavy atom. The molecular formula is C24H23N3O6. The van der Waals surface area contributed by atoms with Crippen molar-refractivity contribution in [1.29, 1.82) is 0 Å². The molecule has 3 aliphatic rings. The van der Waals surface area contributed by atoms with Crippen molar-refractivity contribution < 1.29 is 28.7 Å². The van der Waals surface area contributed by atoms with Crippen LogP contribution in [0.5, 0.6) is 11.5 Å². The number of nitrogens with zero attached hydrogens (tertiary/aromatic N) is 1. The molecule has 9 heteroatoms. The van der Waals surface area contributed by atoms with Crippen molar-refractivity contribution >= 4 is 29.3 Å². The number of benzene rings is 2. The third-order valence-corrected chi connectivity index (χ3v) is 6.42. The number of Topliss-reactive ketones (excluding diaryl/α,β-unsaturated/α-hetero) is 1. The van der Waals surface area contributed by atoms with Crippen LogP contribution >= 0.6 is 0 Å². The molecule has 5 rings (SSSR count). The number of aryl methyl sites for hydroxylation is 2. The Kier molecular flexibility index (Phi) is 4.84. The highest BCUT2D eigenvalue weighted by molar-refractivity contribution is 6.11. The van der Waals surface area contributed by atoms with Crippen LogP contribution in [0.2, 0.25) is 0 Å². The fourth-order valence-electron chi connectivity index (χ4n) is 4.59. The number of carbonyl (C=O) groups excluding carboxylic acids is 4. The van der Waals surface area contributed by atoms with Gasteiger partial charge in [-0.15, -0.1) is 0 Å². The number of anilines is 1. The maximum Gasteiger partial charge on any atom is 0.325 e. The summed E-state index contributed by atoms with van der Waals surface area (Å²) in [6, 6.07) is 8.18. The Labute approximate surface area is 190 Å². The Hall–Kier alpha value is -3.88. The molecule has 0 bridgehead atoms. The summed E-state index contributed by atoms with van der Waals surface area (Å²) in [5.74, 6) is -0.578. The standard InChI is InChI=1S/C24H23N3O6/c1-13(28)17-9-19-20(33-12-32-19)10-18(17)25-21(29)11-27-22(30)24(2,26-23(27)31)16-7-6-14-4-3-5-15(14)8-16/h6-10H,3-5,11-12H2,1-2H3,(H,25,29)(H,26,31)/t24-/m1/s1. The van der Waals surface area contributed by atoms with E-state index < -0.39 is 29.9 Å². The van der Waals surface area contributed by atoms with Crippen molar-refractivity contribution in [3.05, 3.63) is 52.6 Å². The van der Waals surface area contributed by atoms with E-state index in [9.17, 15) is 19.2 Å². The molecule has 33 heavy (non-hydrogen) atoms. The van der Waals surface area contributed by atoms with Crippen LogP contribution < -0.4 is 20.1 Å². The highest BCUT2D eigenvalue weighted by Crippen LogP contribution is 2.37. The highest BCUT2D eigenvalue weighted by Gasteiger charge is 2.49. The first-order chi connectivity index (χ1) is 15.8. The van der Waals surface area contributed by atoms with Crippen LogP contribution in [0.4, 0.5) is 10.5 Å². The third-order valence-electron chi connectivity index (χ3n) is 6.42. The van der Waals surface area contributed by atoms with E-state index in [1.165, 1.54) is 30.2 Å². The van der Waals surface area contributed by atoms with Crippen LogP contribution in [-0.4, -0.2) is 41.9 Å². The summed E-state index contributed by atoms with van der Waals surface area (Å²) in [7, 11) is 0. The number of hydrogen-bond donors (Lipinski definition) is 2. The minimum atomic E-state index is -1.25. The highest BCUT2D eigenvalue weighted by atomic mass is 16.7. The summed E-state index contributed by atoms with van der Waals surface area (Å²) in [4.78, 5) is 51.6. The van der Waals surface area contributed by atoms with Crippen LogP contribution in [0.1, 0.15) is 47.3 Å². The number of urea groups is 1. The van der Waals surface area contributed by atoms with E-state index in [2.05, 4.69) is 10.6 Å². The van der Waals surface area contributed by atoms with Crippen LogP contribution in [0, 0.1) is 0 Å². The van der Waals surface area contributed by atoms with Crippen molar-refractivity contribution in [2.75, 3.05) is 18.7 Å². The minimum Gasteiger partial charge on any atom is -0.454 e. The lowest BCUT2D eigenvalue weighted by molar-refractivity contribution is -0.133. The van der Waals surface area contributed by atoms with Crippen molar-refractivity contribution in [3.63, 3.8) is 0 Å². The number of rotatable bonds is 5. The predicted octanol–water partition coefficient (Wildman–Crippen LogP) is 2.51. The largest absolute Gasteiger partial charge is 0.454 e. The second kappa shape index (κ2) is 7.61. The molecule has 0 spiro atoms. The van der Waals surface area contributed by atoms with Crippen molar-refractivity contribution in [2.24, 2.45) is 0 Å². The first kappa shape index (κ1) is 21.0. The molecule has 1 atom stereocenters. The van der Waals surface area contributed by atoms with E-state index in [0.29, 0.717) is 17.1 Å². The summed E-state index contributed by atoms with van der Waals surface area (Å²) >= 11 is 0. The summed E-state index contributed by atoms with van der Waals surface area (Å²) in [6.07, 6.45) is 3.03. The van der Waals surface area contributed by atoms with E-state index >= 15 is 0 Å². The zero-order valence-corrected chi connectivity index (χ0v) is 18.3. The van der Waals surface area contributed by atoms with Gasteiger partial charge in [0, 0.05) is 11.6 Å². The van der Waals surface area contributed by atoms with Gasteiger partial charge in [0.25, 0.3) is 5.91 Å². The lowest BCUT2D eigenvalue weighted by atomic mass is 9.89. The SMILES string of the molecule is CC(=O)c1cc2c(cc1NC(=O)CN1C(=O)N[C@](C)(c3ccc4c(c3)CCC4)C1=O)OCO2. The van der Waals surface area contributed by atoms with E-state index in [4.69, 9.17) is 9.47 Å². The van der Waals surface area contributed by atoms with Gasteiger partial charge in [0.1, 0.15) is 12.1 Å². The summed E-state index contributed by atoms with van der Waals surface area (Å²) in [5, 5.41) is 5.36. The van der Waals surface area contributed by atoms with E-state index in [1.807, 2.05) is 18.2 Å². The maximum absolute atomic E-state index is 13.2. The Bertz CT molecular complexity index is 1220. The maximum atomic E-state index is 13.2. The number of hydrogen-bond acceptors (Lipinski definition) is 6. The average Bonchev–Trinajstić information content (AvgIpc) is 3.48. The number of nitrogens with one attached hydrogen (secondary N) is 2. The van der Waals surface area contributed by atoms with Gasteiger partial charge < -0.3 is 20.1 Å². The molecule has 2 aromatic rings. The summed E-state index contributed by atoms with van der Waals surface area (Å²) in [5.41, 5.74) is 2.36. The quantitative estimate of drug-likeness (QED) is 0.536. The van der Waals surface area contributed by atoms with Crippen molar-refractivity contribution in [2.45, 2.75) is 38.6 Å². The predicted molar refractivity (Wildman–Crippen MR) is 117 cm³/mol. The molecule has 0 saturated carbocycles. The van der Waals surface area contributed by atoms with Gasteiger partial charge >= 0.3 is 6.03 Å². The average molecular weight is 449 g/mol. The molecule has 1 aliphatic carbocycles. The number of ketones is 1. The topological polar surface area (TPSA) is 114 Å². The number of amides is 4. The van der Waals surface area contributed by atoms with Crippen molar-refractivity contribution in [3.8, 4) is 11.5 Å². The van der Waals surface area contributed by atoms with Crippen molar-refractivity contribution in [1.82, 2.24) is 10.2 Å². The third kappa shape index (κ3) is 3.49. The molecular weight excluding hydrogens is 426 g/mol. The molecule has 1 saturated heterocycles. The van der Waals surface area contributed by atoms with E-state index in [0.717, 1.165) is 24.2 Å². The summed E-state index contributed by atoms with van der Waals surface area (Å²) < 4.78 is 10.6. The van der Waals surface area contributed by atoms with Gasteiger partial charge in [-0.25, -0.2) is 4.79 Å². The Morgan fingerprint density at radius 1 is 1.09 bits per heavy atom. The fourth-order valence-corrected chi connectivity index (χ4v) is 4.59. The minimum absolute atomic E-state index is 0.0216. The van der Waals surface area contributed by atoms with Crippen LogP contribution in [0.15, 0.2) is 30.3 Å². The second-order valence-electron chi connectivity index (χ2n) is 8.64. The number of ether oxygens (including phenoxy) is 2. The molecule has 170 valence electrons. The zero-order valence-electron chi connectivity index (χ0n) is 18.3. The van der Waals surface area contributed by atoms with Gasteiger partial charge in [0.05, 0.1) is 5.69 Å². The van der Waals surface area contributed by atoms with Gasteiger partial charge in [-0.05, 0) is 55.9 Å². The number of carbonyl (C=O) groups is 4. The smallest absolute Gasteiger partial charge is 0.325 e. The monoisotopic (exact) mass is 449 g/mol. The fraction of sp³-hybridized carbons (Fsp3) is 0.333. The molecule has 4 amide bonds. The number of fused-ring (bicyclic) bond motifs is 2. The van der Waals surface area contributed by atoms with Crippen LogP contribution in [-0.2, 0) is 28.0 Å². The van der Waals surface area contributed by atoms with Crippen LogP contribution in [0.25, 0.3) is 0 Å². The Balaban J connectivity index is 1.35. The molecule has 2 heterocycles.